The predicted molar refractivity (Wildman–Crippen MR) is 206 cm³/mol. The van der Waals surface area contributed by atoms with E-state index in [1.165, 1.54) is 25.6 Å². The Morgan fingerprint density at radius 2 is 1.80 bits per heavy atom. The third-order valence-corrected chi connectivity index (χ3v) is 10.8. The number of aromatic nitrogens is 5. The minimum absolute atomic E-state index is 0.0348. The Morgan fingerprint density at radius 1 is 1.08 bits per heavy atom. The molecule has 1 fully saturated rings. The van der Waals surface area contributed by atoms with Crippen LogP contribution in [0.25, 0.3) is 22.0 Å². The number of pyridine rings is 1. The Hall–Kier alpha value is -4.99. The first-order valence-electron chi connectivity index (χ1n) is 18.7. The van der Waals surface area contributed by atoms with E-state index in [1.54, 1.807) is 31.3 Å². The number of nitrogens with zero attached hydrogens (tertiary/aromatic N) is 5. The van der Waals surface area contributed by atoms with Crippen LogP contribution < -0.4 is 10.6 Å². The van der Waals surface area contributed by atoms with Crippen LogP contribution in [0.2, 0.25) is 5.02 Å². The lowest BCUT2D eigenvalue weighted by atomic mass is 9.73. The first-order valence-corrected chi connectivity index (χ1v) is 19.1. The zero-order valence-corrected chi connectivity index (χ0v) is 33.0. The Kier molecular flexibility index (Phi) is 11.6. The first-order chi connectivity index (χ1) is 27.9. The number of hydrogen-bond donors (Lipinski definition) is 4. The molecule has 0 bridgehead atoms. The first kappa shape index (κ1) is 42.1. The number of rotatable bonds is 13. The van der Waals surface area contributed by atoms with Crippen molar-refractivity contribution in [2.24, 2.45) is 13.0 Å². The van der Waals surface area contributed by atoms with Gasteiger partial charge in [0.15, 0.2) is 5.82 Å². The van der Waals surface area contributed by atoms with Gasteiger partial charge in [0.1, 0.15) is 40.5 Å². The number of hydrogen-bond acceptors (Lipinski definition) is 8. The molecule has 11 nitrogen and oxygen atoms in total. The number of nitrogens with one attached hydrogen (secondary N) is 2. The van der Waals surface area contributed by atoms with Gasteiger partial charge in [0.2, 0.25) is 5.91 Å². The van der Waals surface area contributed by atoms with E-state index < -0.39 is 71.6 Å². The molecular weight excluding hydrogens is 804 g/mol. The number of aliphatic hydroxyl groups is 2. The molecule has 1 amide bonds. The number of alkyl halides is 4. The van der Waals surface area contributed by atoms with Gasteiger partial charge in [-0.1, -0.05) is 23.6 Å². The summed E-state index contributed by atoms with van der Waals surface area (Å²) in [6.45, 7) is 2.38. The molecule has 1 saturated carbocycles. The van der Waals surface area contributed by atoms with Crippen LogP contribution in [0, 0.1) is 29.4 Å². The molecule has 5 aromatic rings. The minimum atomic E-state index is -3.47. The van der Waals surface area contributed by atoms with E-state index in [-0.39, 0.29) is 65.1 Å². The average Bonchev–Trinajstić information content (AvgIpc) is 3.70. The third kappa shape index (κ3) is 8.42. The summed E-state index contributed by atoms with van der Waals surface area (Å²) in [6, 6.07) is 8.09. The van der Waals surface area contributed by atoms with Gasteiger partial charge in [-0.2, -0.15) is 19.0 Å². The smallest absolute Gasteiger partial charge is 0.293 e. The molecule has 312 valence electrons. The predicted octanol–water partition coefficient (Wildman–Crippen LogP) is 7.29. The van der Waals surface area contributed by atoms with Crippen molar-refractivity contribution in [1.29, 1.82) is 0 Å². The molecule has 2 aliphatic carbocycles. The van der Waals surface area contributed by atoms with Crippen LogP contribution in [-0.2, 0) is 35.5 Å². The van der Waals surface area contributed by atoms with Crippen molar-refractivity contribution in [3.63, 3.8) is 0 Å². The number of fused-ring (bicyclic) bond motifs is 4. The van der Waals surface area contributed by atoms with Crippen molar-refractivity contribution in [3.05, 3.63) is 93.0 Å². The van der Waals surface area contributed by atoms with Gasteiger partial charge < -0.3 is 20.3 Å². The molecule has 2 aromatic carbocycles. The summed E-state index contributed by atoms with van der Waals surface area (Å²) in [4.78, 5) is 17.5. The van der Waals surface area contributed by atoms with E-state index in [2.05, 4.69) is 32.7 Å². The second kappa shape index (κ2) is 16.2. The van der Waals surface area contributed by atoms with Gasteiger partial charge in [0.05, 0.1) is 47.2 Å². The van der Waals surface area contributed by atoms with Crippen molar-refractivity contribution >= 4 is 34.2 Å². The third-order valence-electron chi connectivity index (χ3n) is 10.5. The van der Waals surface area contributed by atoms with Gasteiger partial charge in [-0.25, -0.2) is 22.5 Å². The molecule has 0 saturated heterocycles. The number of ether oxygens (including phenoxy) is 1. The fourth-order valence-electron chi connectivity index (χ4n) is 7.93. The largest absolute Gasteiger partial charge is 0.384 e. The number of amides is 1. The Bertz CT molecular complexity index is 2470. The topological polar surface area (TPSA) is 139 Å². The summed E-state index contributed by atoms with van der Waals surface area (Å²) in [5.41, 5.74) is -1.43. The fourth-order valence-corrected chi connectivity index (χ4v) is 8.18. The molecule has 0 aliphatic heterocycles. The molecule has 0 spiro atoms. The van der Waals surface area contributed by atoms with E-state index in [0.29, 0.717) is 39.2 Å². The van der Waals surface area contributed by atoms with Crippen LogP contribution in [0.4, 0.5) is 32.2 Å². The lowest BCUT2D eigenvalue weighted by Gasteiger charge is -2.34. The lowest BCUT2D eigenvalue weighted by molar-refractivity contribution is -0.117. The Balaban J connectivity index is 1.36. The second-order valence-electron chi connectivity index (χ2n) is 15.3. The van der Waals surface area contributed by atoms with Gasteiger partial charge in [-0.05, 0) is 80.8 Å². The summed E-state index contributed by atoms with van der Waals surface area (Å²) in [5.74, 6) is -1.92. The van der Waals surface area contributed by atoms with Gasteiger partial charge in [-0.15, -0.1) is 0 Å². The summed E-state index contributed by atoms with van der Waals surface area (Å²) in [6.07, 6.45) is -4.66. The number of benzene rings is 2. The second-order valence-corrected chi connectivity index (χ2v) is 15.7. The highest BCUT2D eigenvalue weighted by molar-refractivity contribution is 6.37. The van der Waals surface area contributed by atoms with E-state index in [4.69, 9.17) is 21.3 Å². The van der Waals surface area contributed by atoms with Crippen LogP contribution >= 0.6 is 11.6 Å². The molecule has 4 unspecified atom stereocenters. The monoisotopic (exact) mass is 843 g/mol. The molecule has 59 heavy (non-hydrogen) atoms. The molecule has 4 N–H and O–H groups in total. The number of carbonyl (C=O) groups is 1. The van der Waals surface area contributed by atoms with Gasteiger partial charge in [0, 0.05) is 42.8 Å². The maximum atomic E-state index is 15.7. The SMILES string of the molecule is COCCC(=O)Nc1nn(C)c2c(-c3ccc(C#CC(C)(C)O)nc3C(Cc3cc(F)cc(F)c3)NC(O)Cn3nc(C(F)F)c4c3C(F)(F)C3CCC43)ccc(Cl)c12. The highest BCUT2D eigenvalue weighted by Crippen LogP contribution is 2.63. The van der Waals surface area contributed by atoms with E-state index >= 15 is 8.78 Å². The van der Waals surface area contributed by atoms with Gasteiger partial charge in [0.25, 0.3) is 12.3 Å². The van der Waals surface area contributed by atoms with Crippen LogP contribution in [0.3, 0.4) is 0 Å². The maximum Gasteiger partial charge on any atom is 0.293 e. The van der Waals surface area contributed by atoms with E-state index in [9.17, 15) is 32.6 Å². The van der Waals surface area contributed by atoms with Crippen LogP contribution in [0.5, 0.6) is 0 Å². The number of halogens is 7. The summed E-state index contributed by atoms with van der Waals surface area (Å²) in [7, 11) is 3.08. The molecule has 3 heterocycles. The summed E-state index contributed by atoms with van der Waals surface area (Å²) in [5, 5.41) is 36.7. The van der Waals surface area contributed by atoms with Crippen molar-refractivity contribution in [2.45, 2.75) is 82.2 Å². The summed E-state index contributed by atoms with van der Waals surface area (Å²) < 4.78 is 96.3. The minimum Gasteiger partial charge on any atom is -0.384 e. The Morgan fingerprint density at radius 3 is 2.44 bits per heavy atom. The van der Waals surface area contributed by atoms with E-state index in [1.807, 2.05) is 0 Å². The zero-order chi connectivity index (χ0) is 42.6. The molecule has 18 heteroatoms. The lowest BCUT2D eigenvalue weighted by Crippen LogP contribution is -2.39. The normalized spacial score (nSPS) is 17.9. The fraction of sp³-hybridized carbons (Fsp3) is 0.415. The number of aliphatic hydroxyl groups excluding tert-OH is 1. The number of aryl methyl sites for hydroxylation is 1. The van der Waals surface area contributed by atoms with Crippen LogP contribution in [0.1, 0.15) is 85.4 Å². The van der Waals surface area contributed by atoms with Gasteiger partial charge >= 0.3 is 0 Å². The average molecular weight is 844 g/mol. The number of carbonyl (C=O) groups excluding carboxylic acids is 1. The van der Waals surface area contributed by atoms with Crippen molar-refractivity contribution in [2.75, 3.05) is 19.0 Å². The van der Waals surface area contributed by atoms with Crippen molar-refractivity contribution in [1.82, 2.24) is 29.9 Å². The van der Waals surface area contributed by atoms with Crippen molar-refractivity contribution < 1.29 is 46.1 Å². The highest BCUT2D eigenvalue weighted by Gasteiger charge is 2.62. The van der Waals surface area contributed by atoms with Crippen LogP contribution in [0.15, 0.2) is 42.5 Å². The van der Waals surface area contributed by atoms with Gasteiger partial charge in [-0.3, -0.25) is 19.5 Å². The van der Waals surface area contributed by atoms with Crippen LogP contribution in [-0.4, -0.2) is 66.2 Å². The Labute approximate surface area is 339 Å². The summed E-state index contributed by atoms with van der Waals surface area (Å²) >= 11 is 6.71. The highest BCUT2D eigenvalue weighted by atomic mass is 35.5. The van der Waals surface area contributed by atoms with Crippen molar-refractivity contribution in [3.8, 4) is 23.0 Å². The standard InChI is InChI=1S/C41H40ClF6N7O4/c1-40(2,58)13-11-23-5-6-24(25-8-10-28(42)33-36(25)54(3)53-39(33)51-30(56)12-14-59-4)34(49-23)29(17-20-15-21(43)18-22(44)16-20)50-31(57)19-55-37-32(35(52-55)38(45)46)26-7-9-27(26)41(37,47)48/h5-6,8,10,15-16,18,26-27,29,31,38,50,57-58H,7,9,12,14,17,19H2,1-4H3,(H,51,53,56). The maximum absolute atomic E-state index is 15.7. The van der Waals surface area contributed by atoms with E-state index in [0.717, 1.165) is 12.1 Å². The zero-order valence-electron chi connectivity index (χ0n) is 32.3. The molecule has 2 aliphatic rings. The molecule has 7 rings (SSSR count). The quantitative estimate of drug-likeness (QED) is 0.0551. The number of anilines is 1. The molecule has 3 aromatic heterocycles. The molecule has 0 radical (unpaired) electrons. The molecule has 4 atom stereocenters. The number of methoxy groups -OCH3 is 1. The molecular formula is C41H40ClF6N7O4.